The number of ether oxygens (including phenoxy) is 1. The van der Waals surface area contributed by atoms with Crippen LogP contribution in [0.1, 0.15) is 37.4 Å². The van der Waals surface area contributed by atoms with Crippen LogP contribution in [0.25, 0.3) is 21.5 Å². The van der Waals surface area contributed by atoms with Gasteiger partial charge in [-0.25, -0.2) is 4.98 Å². The summed E-state index contributed by atoms with van der Waals surface area (Å²) in [6.07, 6.45) is 0. The second-order valence-corrected chi connectivity index (χ2v) is 8.02. The zero-order valence-corrected chi connectivity index (χ0v) is 17.1. The number of methoxy groups -OCH3 is 1. The number of carbonyl (C=O) groups is 1. The Hall–Kier alpha value is -2.60. The van der Waals surface area contributed by atoms with E-state index < -0.39 is 0 Å². The fourth-order valence-corrected chi connectivity index (χ4v) is 4.30. The van der Waals surface area contributed by atoms with E-state index in [2.05, 4.69) is 0 Å². The highest BCUT2D eigenvalue weighted by Gasteiger charge is 2.26. The minimum absolute atomic E-state index is 0.0357. The lowest BCUT2D eigenvalue weighted by Gasteiger charge is -2.30. The van der Waals surface area contributed by atoms with Gasteiger partial charge in [0.2, 0.25) is 0 Å². The van der Waals surface area contributed by atoms with Gasteiger partial charge in [-0.05, 0) is 64.1 Å². The van der Waals surface area contributed by atoms with Crippen LogP contribution >= 0.6 is 11.3 Å². The normalized spacial score (nSPS) is 11.4. The number of amides is 1. The van der Waals surface area contributed by atoms with Crippen LogP contribution in [0.5, 0.6) is 5.75 Å². The number of thiophene rings is 1. The molecule has 0 saturated heterocycles. The van der Waals surface area contributed by atoms with E-state index in [9.17, 15) is 4.79 Å². The van der Waals surface area contributed by atoms with Crippen molar-refractivity contribution in [1.29, 1.82) is 0 Å². The first kappa shape index (κ1) is 19.2. The van der Waals surface area contributed by atoms with Crippen molar-refractivity contribution < 1.29 is 9.53 Å². The molecule has 3 rings (SSSR count). The topological polar surface area (TPSA) is 68.5 Å². The molecule has 0 fully saturated rings. The van der Waals surface area contributed by atoms with Crippen molar-refractivity contribution >= 4 is 33.1 Å². The Bertz CT molecular complexity index is 953. The van der Waals surface area contributed by atoms with Gasteiger partial charge in [0.1, 0.15) is 15.5 Å². The first-order valence-corrected chi connectivity index (χ1v) is 9.81. The van der Waals surface area contributed by atoms with Crippen LogP contribution in [0.3, 0.4) is 0 Å². The van der Waals surface area contributed by atoms with Crippen LogP contribution in [0.2, 0.25) is 0 Å². The summed E-state index contributed by atoms with van der Waals surface area (Å²) in [5, 5.41) is 0.827. The summed E-state index contributed by atoms with van der Waals surface area (Å²) in [4.78, 5) is 21.0. The number of hydrogen-bond acceptors (Lipinski definition) is 5. The molecule has 5 nitrogen and oxygen atoms in total. The molecule has 142 valence electrons. The van der Waals surface area contributed by atoms with Gasteiger partial charge in [0, 0.05) is 23.0 Å². The van der Waals surface area contributed by atoms with Crippen LogP contribution < -0.4 is 10.5 Å². The maximum absolute atomic E-state index is 13.1. The summed E-state index contributed by atoms with van der Waals surface area (Å²) in [6, 6.07) is 11.8. The first-order chi connectivity index (χ1) is 12.8. The number of fused-ring (bicyclic) bond motifs is 1. The summed E-state index contributed by atoms with van der Waals surface area (Å²) in [5.41, 5.74) is 8.66. The van der Waals surface area contributed by atoms with Crippen LogP contribution in [0, 0.1) is 0 Å². The van der Waals surface area contributed by atoms with E-state index in [1.165, 1.54) is 11.3 Å². The predicted octanol–water partition coefficient (Wildman–Crippen LogP) is 4.81. The zero-order chi connectivity index (χ0) is 19.7. The number of hydrogen-bond donors (Lipinski definition) is 1. The van der Waals surface area contributed by atoms with Gasteiger partial charge in [0.05, 0.1) is 18.5 Å². The lowest BCUT2D eigenvalue weighted by molar-refractivity contribution is 0.0650. The number of anilines is 1. The molecular formula is C21H25N3O2S. The van der Waals surface area contributed by atoms with Crippen LogP contribution in [-0.4, -0.2) is 35.0 Å². The number of carbonyl (C=O) groups excluding carboxylic acids is 1. The average molecular weight is 384 g/mol. The van der Waals surface area contributed by atoms with Gasteiger partial charge in [-0.1, -0.05) is 0 Å². The number of benzene rings is 1. The third-order valence-corrected chi connectivity index (χ3v) is 5.62. The highest BCUT2D eigenvalue weighted by atomic mass is 32.1. The minimum Gasteiger partial charge on any atom is -0.497 e. The van der Waals surface area contributed by atoms with Crippen molar-refractivity contribution in [3.05, 3.63) is 41.3 Å². The molecule has 0 unspecified atom stereocenters. The summed E-state index contributed by atoms with van der Waals surface area (Å²) < 4.78 is 5.20. The Morgan fingerprint density at radius 2 is 1.70 bits per heavy atom. The Balaban J connectivity index is 2.02. The molecule has 1 aromatic carbocycles. The van der Waals surface area contributed by atoms with E-state index in [1.807, 2.05) is 69.0 Å². The zero-order valence-electron chi connectivity index (χ0n) is 16.3. The van der Waals surface area contributed by atoms with Crippen LogP contribution in [-0.2, 0) is 0 Å². The molecule has 0 saturated carbocycles. The molecule has 3 aromatic rings. The van der Waals surface area contributed by atoms with Crippen molar-refractivity contribution in [1.82, 2.24) is 9.88 Å². The number of nitrogen functional groups attached to an aromatic ring is 1. The van der Waals surface area contributed by atoms with Crippen LogP contribution in [0.4, 0.5) is 5.69 Å². The first-order valence-electron chi connectivity index (χ1n) is 8.99. The number of nitrogens with zero attached hydrogens (tertiary/aromatic N) is 2. The Kier molecular flexibility index (Phi) is 5.37. The molecule has 0 spiro atoms. The maximum Gasteiger partial charge on any atom is 0.266 e. The second-order valence-electron chi connectivity index (χ2n) is 7.02. The van der Waals surface area contributed by atoms with Crippen molar-refractivity contribution in [3.8, 4) is 17.0 Å². The molecule has 0 aliphatic heterocycles. The standard InChI is InChI=1S/C21H25N3O2S/c1-12(2)24(13(3)4)21(25)19-18(22)16-10-11-17(23-20(16)27-19)14-6-8-15(26-5)9-7-14/h6-13H,22H2,1-5H3. The summed E-state index contributed by atoms with van der Waals surface area (Å²) in [5.74, 6) is 0.766. The molecule has 2 N–H and O–H groups in total. The third kappa shape index (κ3) is 3.62. The lowest BCUT2D eigenvalue weighted by Crippen LogP contribution is -2.41. The van der Waals surface area contributed by atoms with Gasteiger partial charge in [-0.3, -0.25) is 4.79 Å². The molecule has 27 heavy (non-hydrogen) atoms. The van der Waals surface area contributed by atoms with Crippen molar-refractivity contribution in [3.63, 3.8) is 0 Å². The monoisotopic (exact) mass is 383 g/mol. The number of aromatic nitrogens is 1. The number of nitrogens with two attached hydrogens (primary N) is 1. The summed E-state index contributed by atoms with van der Waals surface area (Å²) >= 11 is 1.36. The Morgan fingerprint density at radius 1 is 1.07 bits per heavy atom. The van der Waals surface area contributed by atoms with Gasteiger partial charge in [-0.2, -0.15) is 0 Å². The van der Waals surface area contributed by atoms with E-state index >= 15 is 0 Å². The highest BCUT2D eigenvalue weighted by Crippen LogP contribution is 2.35. The third-order valence-electron chi connectivity index (χ3n) is 4.52. The smallest absolute Gasteiger partial charge is 0.266 e. The molecule has 1 amide bonds. The number of pyridine rings is 1. The fourth-order valence-electron chi connectivity index (χ4n) is 3.26. The molecule has 0 aliphatic carbocycles. The van der Waals surface area contributed by atoms with E-state index in [-0.39, 0.29) is 18.0 Å². The van der Waals surface area contributed by atoms with Gasteiger partial charge >= 0.3 is 0 Å². The van der Waals surface area contributed by atoms with Crippen molar-refractivity contribution in [2.45, 2.75) is 39.8 Å². The highest BCUT2D eigenvalue weighted by molar-refractivity contribution is 7.21. The Morgan fingerprint density at radius 3 is 2.26 bits per heavy atom. The maximum atomic E-state index is 13.1. The summed E-state index contributed by atoms with van der Waals surface area (Å²) in [7, 11) is 1.64. The molecule has 6 heteroatoms. The van der Waals surface area contributed by atoms with Crippen molar-refractivity contribution in [2.24, 2.45) is 0 Å². The molecule has 2 heterocycles. The average Bonchev–Trinajstić information content (AvgIpc) is 2.97. The summed E-state index contributed by atoms with van der Waals surface area (Å²) in [6.45, 7) is 8.06. The molecular weight excluding hydrogens is 358 g/mol. The largest absolute Gasteiger partial charge is 0.497 e. The quantitative estimate of drug-likeness (QED) is 0.686. The van der Waals surface area contributed by atoms with E-state index in [0.717, 1.165) is 27.2 Å². The predicted molar refractivity (Wildman–Crippen MR) is 112 cm³/mol. The van der Waals surface area contributed by atoms with Crippen molar-refractivity contribution in [2.75, 3.05) is 12.8 Å². The molecule has 0 radical (unpaired) electrons. The van der Waals surface area contributed by atoms with Gasteiger partial charge in [-0.15, -0.1) is 11.3 Å². The Labute approximate surface area is 163 Å². The fraction of sp³-hybridized carbons (Fsp3) is 0.333. The molecule has 0 aliphatic rings. The minimum atomic E-state index is -0.0357. The molecule has 0 bridgehead atoms. The molecule has 2 aromatic heterocycles. The van der Waals surface area contributed by atoms with E-state index in [0.29, 0.717) is 10.6 Å². The SMILES string of the molecule is COc1ccc(-c2ccc3c(N)c(C(=O)N(C(C)C)C(C)C)sc3n2)cc1. The van der Waals surface area contributed by atoms with Gasteiger partial charge in [0.25, 0.3) is 5.91 Å². The van der Waals surface area contributed by atoms with E-state index in [4.69, 9.17) is 15.5 Å². The number of rotatable bonds is 5. The van der Waals surface area contributed by atoms with Crippen LogP contribution in [0.15, 0.2) is 36.4 Å². The second kappa shape index (κ2) is 7.56. The molecule has 0 atom stereocenters. The van der Waals surface area contributed by atoms with Gasteiger partial charge in [0.15, 0.2) is 0 Å². The van der Waals surface area contributed by atoms with E-state index in [1.54, 1.807) is 7.11 Å². The van der Waals surface area contributed by atoms with Gasteiger partial charge < -0.3 is 15.4 Å². The lowest BCUT2D eigenvalue weighted by atomic mass is 10.1.